The van der Waals surface area contributed by atoms with E-state index in [9.17, 15) is 4.79 Å². The van der Waals surface area contributed by atoms with E-state index in [-0.39, 0.29) is 5.63 Å². The highest BCUT2D eigenvalue weighted by atomic mass is 32.1. The third kappa shape index (κ3) is 3.08. The van der Waals surface area contributed by atoms with E-state index >= 15 is 0 Å². The molecule has 5 heteroatoms. The summed E-state index contributed by atoms with van der Waals surface area (Å²) in [6.07, 6.45) is 3.65. The Morgan fingerprint density at radius 1 is 1.24 bits per heavy atom. The van der Waals surface area contributed by atoms with Crippen molar-refractivity contribution in [3.05, 3.63) is 40.2 Å². The number of thiocarbonyl (C=S) groups is 1. The predicted molar refractivity (Wildman–Crippen MR) is 88.9 cm³/mol. The van der Waals surface area contributed by atoms with Crippen molar-refractivity contribution >= 4 is 34.0 Å². The molecule has 2 aromatic rings. The Morgan fingerprint density at radius 3 is 2.76 bits per heavy atom. The van der Waals surface area contributed by atoms with Crippen molar-refractivity contribution in [3.8, 4) is 0 Å². The number of hydrogen-bond donors (Lipinski definition) is 1. The molecule has 1 aromatic heterocycles. The highest BCUT2D eigenvalue weighted by molar-refractivity contribution is 7.80. The fourth-order valence-electron chi connectivity index (χ4n) is 2.70. The lowest BCUT2D eigenvalue weighted by Gasteiger charge is -2.29. The van der Waals surface area contributed by atoms with Gasteiger partial charge in [0.15, 0.2) is 5.11 Å². The van der Waals surface area contributed by atoms with Gasteiger partial charge in [-0.25, -0.2) is 4.79 Å². The van der Waals surface area contributed by atoms with Crippen LogP contribution >= 0.6 is 12.2 Å². The largest absolute Gasteiger partial charge is 0.423 e. The minimum Gasteiger partial charge on any atom is -0.423 e. The van der Waals surface area contributed by atoms with Crippen molar-refractivity contribution in [2.24, 2.45) is 0 Å². The number of hydrogen-bond acceptors (Lipinski definition) is 3. The van der Waals surface area contributed by atoms with Gasteiger partial charge in [-0.1, -0.05) is 0 Å². The number of anilines is 1. The Balaban J connectivity index is 1.84. The van der Waals surface area contributed by atoms with E-state index in [1.807, 2.05) is 25.1 Å². The summed E-state index contributed by atoms with van der Waals surface area (Å²) in [7, 11) is 0. The molecule has 1 N–H and O–H groups in total. The molecule has 0 bridgehead atoms. The third-order valence-corrected chi connectivity index (χ3v) is 4.21. The summed E-state index contributed by atoms with van der Waals surface area (Å²) in [5.74, 6) is 0. The van der Waals surface area contributed by atoms with Crippen LogP contribution in [0.5, 0.6) is 0 Å². The van der Waals surface area contributed by atoms with Crippen molar-refractivity contribution in [2.45, 2.75) is 26.2 Å². The van der Waals surface area contributed by atoms with Gasteiger partial charge in [-0.15, -0.1) is 0 Å². The topological polar surface area (TPSA) is 45.5 Å². The van der Waals surface area contributed by atoms with Crippen LogP contribution in [0.15, 0.2) is 33.5 Å². The molecule has 1 saturated heterocycles. The van der Waals surface area contributed by atoms with E-state index in [1.54, 1.807) is 0 Å². The van der Waals surface area contributed by atoms with Crippen molar-refractivity contribution < 1.29 is 4.42 Å². The molecule has 0 atom stereocenters. The Morgan fingerprint density at radius 2 is 2.00 bits per heavy atom. The first-order chi connectivity index (χ1) is 10.1. The van der Waals surface area contributed by atoms with E-state index in [4.69, 9.17) is 16.6 Å². The van der Waals surface area contributed by atoms with Crippen molar-refractivity contribution in [1.82, 2.24) is 4.90 Å². The Hall–Kier alpha value is -1.88. The molecule has 2 heterocycles. The Bertz CT molecular complexity index is 733. The number of piperidine rings is 1. The van der Waals surface area contributed by atoms with Gasteiger partial charge in [0.1, 0.15) is 5.58 Å². The molecule has 110 valence electrons. The lowest BCUT2D eigenvalue weighted by Crippen LogP contribution is -2.38. The minimum atomic E-state index is -0.323. The second kappa shape index (κ2) is 5.85. The first kappa shape index (κ1) is 14.1. The summed E-state index contributed by atoms with van der Waals surface area (Å²) in [5, 5.41) is 4.93. The maximum atomic E-state index is 11.5. The number of likely N-dealkylation sites (tertiary alicyclic amines) is 1. The maximum absolute atomic E-state index is 11.5. The maximum Gasteiger partial charge on any atom is 0.336 e. The van der Waals surface area contributed by atoms with Crippen LogP contribution in [0.1, 0.15) is 24.8 Å². The molecular weight excluding hydrogens is 284 g/mol. The molecule has 1 fully saturated rings. The fourth-order valence-corrected chi connectivity index (χ4v) is 3.00. The molecule has 0 unspecified atom stereocenters. The van der Waals surface area contributed by atoms with Crippen LogP contribution in [0.25, 0.3) is 11.0 Å². The monoisotopic (exact) mass is 302 g/mol. The van der Waals surface area contributed by atoms with Crippen molar-refractivity contribution in [2.75, 3.05) is 18.4 Å². The quantitative estimate of drug-likeness (QED) is 0.647. The lowest BCUT2D eigenvalue weighted by atomic mass is 10.1. The van der Waals surface area contributed by atoms with Gasteiger partial charge in [-0.05, 0) is 56.1 Å². The average Bonchev–Trinajstić information content (AvgIpc) is 2.47. The van der Waals surface area contributed by atoms with Gasteiger partial charge >= 0.3 is 5.63 Å². The summed E-state index contributed by atoms with van der Waals surface area (Å²) >= 11 is 5.45. The molecule has 1 aliphatic heterocycles. The zero-order chi connectivity index (χ0) is 14.8. The fraction of sp³-hybridized carbons (Fsp3) is 0.375. The summed E-state index contributed by atoms with van der Waals surface area (Å²) in [5.41, 5.74) is 2.04. The third-order valence-electron chi connectivity index (χ3n) is 3.85. The predicted octanol–water partition coefficient (Wildman–Crippen LogP) is 3.28. The Labute approximate surface area is 128 Å². The van der Waals surface area contributed by atoms with Gasteiger partial charge in [0.05, 0.1) is 0 Å². The molecular formula is C16H18N2O2S. The van der Waals surface area contributed by atoms with Crippen molar-refractivity contribution in [1.29, 1.82) is 0 Å². The number of nitrogens with zero attached hydrogens (tertiary/aromatic N) is 1. The van der Waals surface area contributed by atoms with Crippen LogP contribution in [0, 0.1) is 6.92 Å². The molecule has 1 aliphatic rings. The van der Waals surface area contributed by atoms with E-state index in [1.165, 1.54) is 25.3 Å². The van der Waals surface area contributed by atoms with Crippen LogP contribution in [-0.2, 0) is 0 Å². The van der Waals surface area contributed by atoms with Gasteiger partial charge in [0.2, 0.25) is 0 Å². The Kier molecular flexibility index (Phi) is 3.92. The molecule has 0 spiro atoms. The van der Waals surface area contributed by atoms with Gasteiger partial charge < -0.3 is 14.6 Å². The standard InChI is InChI=1S/C16H18N2O2S/c1-11-9-15(19)20-14-10-12(5-6-13(11)14)17-16(21)18-7-3-2-4-8-18/h5-6,9-10H,2-4,7-8H2,1H3,(H,17,21). The SMILES string of the molecule is Cc1cc(=O)oc2cc(NC(=S)N3CCCCC3)ccc12. The van der Waals surface area contributed by atoms with Gasteiger partial charge in [-0.2, -0.15) is 0 Å². The summed E-state index contributed by atoms with van der Waals surface area (Å²) < 4.78 is 5.26. The first-order valence-corrected chi connectivity index (χ1v) is 7.65. The van der Waals surface area contributed by atoms with E-state index in [2.05, 4.69) is 10.2 Å². The smallest absolute Gasteiger partial charge is 0.336 e. The molecule has 4 nitrogen and oxygen atoms in total. The number of benzene rings is 1. The van der Waals surface area contributed by atoms with Crippen LogP contribution in [0.4, 0.5) is 5.69 Å². The highest BCUT2D eigenvalue weighted by Crippen LogP contribution is 2.21. The van der Waals surface area contributed by atoms with Crippen LogP contribution in [0.3, 0.4) is 0 Å². The average molecular weight is 302 g/mol. The van der Waals surface area contributed by atoms with E-state index in [0.717, 1.165) is 34.8 Å². The van der Waals surface area contributed by atoms with Crippen LogP contribution in [0.2, 0.25) is 0 Å². The molecule has 21 heavy (non-hydrogen) atoms. The highest BCUT2D eigenvalue weighted by Gasteiger charge is 2.13. The number of fused-ring (bicyclic) bond motifs is 1. The molecule has 0 radical (unpaired) electrons. The molecule has 0 aliphatic carbocycles. The number of rotatable bonds is 1. The van der Waals surface area contributed by atoms with Crippen LogP contribution < -0.4 is 10.9 Å². The number of aryl methyl sites for hydroxylation is 1. The summed E-state index contributed by atoms with van der Waals surface area (Å²) in [4.78, 5) is 13.7. The van der Waals surface area contributed by atoms with E-state index in [0.29, 0.717) is 5.58 Å². The van der Waals surface area contributed by atoms with Gasteiger partial charge in [-0.3, -0.25) is 0 Å². The zero-order valence-electron chi connectivity index (χ0n) is 12.0. The zero-order valence-corrected chi connectivity index (χ0v) is 12.8. The molecule has 3 rings (SSSR count). The van der Waals surface area contributed by atoms with Gasteiger partial charge in [0.25, 0.3) is 0 Å². The first-order valence-electron chi connectivity index (χ1n) is 7.24. The van der Waals surface area contributed by atoms with Crippen LogP contribution in [-0.4, -0.2) is 23.1 Å². The molecule has 0 amide bonds. The second-order valence-electron chi connectivity index (χ2n) is 5.44. The molecule has 1 aromatic carbocycles. The summed E-state index contributed by atoms with van der Waals surface area (Å²) in [6, 6.07) is 7.26. The minimum absolute atomic E-state index is 0.323. The normalized spacial score (nSPS) is 15.2. The lowest BCUT2D eigenvalue weighted by molar-refractivity contribution is 0.346. The van der Waals surface area contributed by atoms with Crippen molar-refractivity contribution in [3.63, 3.8) is 0 Å². The second-order valence-corrected chi connectivity index (χ2v) is 5.82. The molecule has 0 saturated carbocycles. The van der Waals surface area contributed by atoms with E-state index < -0.39 is 0 Å². The summed E-state index contributed by atoms with van der Waals surface area (Å²) in [6.45, 7) is 3.92. The van der Waals surface area contributed by atoms with Gasteiger partial charge in [0, 0.05) is 36.3 Å². The number of nitrogens with one attached hydrogen (secondary N) is 1.